The second-order valence-corrected chi connectivity index (χ2v) is 1.94. The number of hydrogen-bond donors (Lipinski definition) is 0. The molecule has 0 amide bonds. The van der Waals surface area contributed by atoms with E-state index < -0.39 is 0 Å². The Bertz CT molecular complexity index is 260. The van der Waals surface area contributed by atoms with E-state index in [9.17, 15) is 4.39 Å². The molecule has 0 radical (unpaired) electrons. The first-order chi connectivity index (χ1) is 5.34. The van der Waals surface area contributed by atoms with Gasteiger partial charge >= 0.3 is 0 Å². The lowest BCUT2D eigenvalue weighted by Crippen LogP contribution is -1.86. The van der Waals surface area contributed by atoms with Crippen molar-refractivity contribution in [3.63, 3.8) is 0 Å². The third-order valence-electron chi connectivity index (χ3n) is 1.20. The van der Waals surface area contributed by atoms with Crippen LogP contribution < -0.4 is 0 Å². The van der Waals surface area contributed by atoms with Crippen molar-refractivity contribution in [1.82, 2.24) is 0 Å². The Hall–Kier alpha value is -1.38. The Morgan fingerprint density at radius 2 is 2.18 bits per heavy atom. The summed E-state index contributed by atoms with van der Waals surface area (Å²) in [5, 5.41) is 3.44. The first-order valence-corrected chi connectivity index (χ1v) is 3.15. The van der Waals surface area contributed by atoms with Crippen molar-refractivity contribution >= 4 is 6.21 Å². The van der Waals surface area contributed by atoms with Gasteiger partial charge < -0.3 is 4.84 Å². The minimum Gasteiger partial charge on any atom is -0.399 e. The lowest BCUT2D eigenvalue weighted by molar-refractivity contribution is 0.215. The molecule has 0 unspecified atom stereocenters. The van der Waals surface area contributed by atoms with Gasteiger partial charge in [-0.3, -0.25) is 0 Å². The molecule has 0 heterocycles. The minimum atomic E-state index is -0.298. The molecule has 0 bridgehead atoms. The predicted molar refractivity (Wildman–Crippen MR) is 41.0 cm³/mol. The molecule has 11 heavy (non-hydrogen) atoms. The van der Waals surface area contributed by atoms with Gasteiger partial charge in [-0.1, -0.05) is 23.4 Å². The van der Waals surface area contributed by atoms with Crippen molar-refractivity contribution in [3.05, 3.63) is 35.6 Å². The molecule has 0 aliphatic carbocycles. The Balaban J connectivity index is 2.86. The number of halogens is 1. The fraction of sp³-hybridized carbons (Fsp3) is 0.125. The largest absolute Gasteiger partial charge is 0.399 e. The molecule has 0 spiro atoms. The van der Waals surface area contributed by atoms with E-state index in [1.807, 2.05) is 0 Å². The molecule has 0 aliphatic rings. The third kappa shape index (κ3) is 2.04. The van der Waals surface area contributed by atoms with Crippen LogP contribution in [-0.2, 0) is 4.84 Å². The fourth-order valence-corrected chi connectivity index (χ4v) is 0.689. The Morgan fingerprint density at radius 3 is 2.82 bits per heavy atom. The lowest BCUT2D eigenvalue weighted by Gasteiger charge is -1.92. The highest BCUT2D eigenvalue weighted by atomic mass is 19.1. The van der Waals surface area contributed by atoms with Gasteiger partial charge in [0.05, 0.1) is 6.21 Å². The molecule has 58 valence electrons. The van der Waals surface area contributed by atoms with E-state index in [1.165, 1.54) is 19.4 Å². The van der Waals surface area contributed by atoms with Crippen LogP contribution in [0.15, 0.2) is 29.4 Å². The third-order valence-corrected chi connectivity index (χ3v) is 1.20. The summed E-state index contributed by atoms with van der Waals surface area (Å²) in [7, 11) is 1.41. The van der Waals surface area contributed by atoms with Crippen LogP contribution in [0.1, 0.15) is 5.56 Å². The maximum atomic E-state index is 12.8. The number of rotatable bonds is 2. The van der Waals surface area contributed by atoms with Gasteiger partial charge in [-0.25, -0.2) is 4.39 Å². The summed E-state index contributed by atoms with van der Waals surface area (Å²) in [6, 6.07) is 6.36. The quantitative estimate of drug-likeness (QED) is 0.469. The smallest absolute Gasteiger partial charge is 0.132 e. The average molecular weight is 153 g/mol. The molecular weight excluding hydrogens is 145 g/mol. The maximum Gasteiger partial charge on any atom is 0.132 e. The molecule has 0 aromatic heterocycles. The fourth-order valence-electron chi connectivity index (χ4n) is 0.689. The van der Waals surface area contributed by atoms with Crippen LogP contribution in [0.3, 0.4) is 0 Å². The van der Waals surface area contributed by atoms with Gasteiger partial charge in [-0.05, 0) is 6.07 Å². The Kier molecular flexibility index (Phi) is 2.60. The monoisotopic (exact) mass is 153 g/mol. The predicted octanol–water partition coefficient (Wildman–Crippen LogP) is 1.81. The molecule has 1 aromatic carbocycles. The lowest BCUT2D eigenvalue weighted by atomic mass is 10.2. The van der Waals surface area contributed by atoms with Gasteiger partial charge in [0.25, 0.3) is 0 Å². The summed E-state index contributed by atoms with van der Waals surface area (Å²) in [4.78, 5) is 4.40. The molecule has 0 saturated carbocycles. The summed E-state index contributed by atoms with van der Waals surface area (Å²) in [6.07, 6.45) is 1.33. The molecule has 0 aliphatic heterocycles. The molecule has 2 nitrogen and oxygen atoms in total. The first kappa shape index (κ1) is 7.72. The van der Waals surface area contributed by atoms with E-state index in [0.717, 1.165) is 0 Å². The zero-order valence-electron chi connectivity index (χ0n) is 6.12. The normalized spacial score (nSPS) is 10.4. The molecule has 0 fully saturated rings. The van der Waals surface area contributed by atoms with Crippen molar-refractivity contribution < 1.29 is 9.23 Å². The highest BCUT2D eigenvalue weighted by molar-refractivity contribution is 5.79. The van der Waals surface area contributed by atoms with Gasteiger partial charge in [0.1, 0.15) is 12.9 Å². The van der Waals surface area contributed by atoms with E-state index >= 15 is 0 Å². The zero-order valence-corrected chi connectivity index (χ0v) is 6.12. The van der Waals surface area contributed by atoms with Crippen LogP contribution in [0.2, 0.25) is 0 Å². The first-order valence-electron chi connectivity index (χ1n) is 3.15. The van der Waals surface area contributed by atoms with Crippen LogP contribution in [0.5, 0.6) is 0 Å². The van der Waals surface area contributed by atoms with Crippen molar-refractivity contribution in [2.45, 2.75) is 0 Å². The number of benzene rings is 1. The van der Waals surface area contributed by atoms with Gasteiger partial charge in [0.2, 0.25) is 0 Å². The molecule has 1 aromatic rings. The van der Waals surface area contributed by atoms with Crippen LogP contribution in [-0.4, -0.2) is 13.3 Å². The Labute approximate surface area is 64.3 Å². The summed E-state index contributed by atoms with van der Waals surface area (Å²) in [5.41, 5.74) is 0.425. The van der Waals surface area contributed by atoms with Crippen LogP contribution in [0.4, 0.5) is 4.39 Å². The molecule has 0 N–H and O–H groups in total. The minimum absolute atomic E-state index is 0.298. The highest BCUT2D eigenvalue weighted by Gasteiger charge is 1.94. The van der Waals surface area contributed by atoms with Crippen molar-refractivity contribution in [1.29, 1.82) is 0 Å². The van der Waals surface area contributed by atoms with E-state index in [0.29, 0.717) is 5.56 Å². The topological polar surface area (TPSA) is 21.6 Å². The van der Waals surface area contributed by atoms with Crippen molar-refractivity contribution in [3.8, 4) is 0 Å². The van der Waals surface area contributed by atoms with E-state index in [2.05, 4.69) is 9.99 Å². The standard InChI is InChI=1S/C8H8FNO/c1-11-10-6-7-4-2-3-5-8(7)9/h2-6H,1H3. The molecular formula is C8H8FNO. The maximum absolute atomic E-state index is 12.8. The van der Waals surface area contributed by atoms with E-state index in [4.69, 9.17) is 0 Å². The highest BCUT2D eigenvalue weighted by Crippen LogP contribution is 2.02. The van der Waals surface area contributed by atoms with Crippen LogP contribution in [0.25, 0.3) is 0 Å². The van der Waals surface area contributed by atoms with Crippen molar-refractivity contribution in [2.75, 3.05) is 7.11 Å². The van der Waals surface area contributed by atoms with Gasteiger partial charge in [0, 0.05) is 5.56 Å². The zero-order chi connectivity index (χ0) is 8.10. The van der Waals surface area contributed by atoms with Gasteiger partial charge in [0.15, 0.2) is 0 Å². The molecule has 3 heteroatoms. The summed E-state index contributed by atoms with van der Waals surface area (Å²) >= 11 is 0. The summed E-state index contributed by atoms with van der Waals surface area (Å²) in [6.45, 7) is 0. The summed E-state index contributed by atoms with van der Waals surface area (Å²) < 4.78 is 12.8. The summed E-state index contributed by atoms with van der Waals surface area (Å²) in [5.74, 6) is -0.298. The second-order valence-electron chi connectivity index (χ2n) is 1.94. The van der Waals surface area contributed by atoms with E-state index in [1.54, 1.807) is 18.2 Å². The number of hydrogen-bond acceptors (Lipinski definition) is 2. The second kappa shape index (κ2) is 3.71. The molecule has 0 saturated heterocycles. The molecule has 1 rings (SSSR count). The van der Waals surface area contributed by atoms with Crippen LogP contribution in [0, 0.1) is 5.82 Å². The van der Waals surface area contributed by atoms with E-state index in [-0.39, 0.29) is 5.82 Å². The van der Waals surface area contributed by atoms with Crippen molar-refractivity contribution in [2.24, 2.45) is 5.16 Å². The number of oxime groups is 1. The Morgan fingerprint density at radius 1 is 1.45 bits per heavy atom. The van der Waals surface area contributed by atoms with Gasteiger partial charge in [-0.2, -0.15) is 0 Å². The van der Waals surface area contributed by atoms with Crippen LogP contribution >= 0.6 is 0 Å². The average Bonchev–Trinajstić information content (AvgIpc) is 2.03. The molecule has 0 atom stereocenters. The number of nitrogens with zero attached hydrogens (tertiary/aromatic N) is 1. The van der Waals surface area contributed by atoms with Gasteiger partial charge in [-0.15, -0.1) is 0 Å². The SMILES string of the molecule is CON=Cc1ccccc1F.